The highest BCUT2D eigenvalue weighted by molar-refractivity contribution is 6.55. The molecule has 0 bridgehead atoms. The van der Waals surface area contributed by atoms with Crippen molar-refractivity contribution in [2.75, 3.05) is 13.6 Å². The monoisotopic (exact) mass is 377 g/mol. The van der Waals surface area contributed by atoms with Gasteiger partial charge >= 0.3 is 7.12 Å². The minimum Gasteiger partial charge on any atom is -0.400 e. The molecule has 0 atom stereocenters. The van der Waals surface area contributed by atoms with E-state index in [1.165, 1.54) is 0 Å². The molecule has 0 unspecified atom stereocenters. The first-order chi connectivity index (χ1) is 13.2. The van der Waals surface area contributed by atoms with Gasteiger partial charge in [0.2, 0.25) is 0 Å². The molecular formula is C23H28BNO3. The molecule has 1 saturated heterocycles. The second kappa shape index (κ2) is 8.04. The Labute approximate surface area is 168 Å². The van der Waals surface area contributed by atoms with Crippen molar-refractivity contribution < 1.29 is 14.1 Å². The molecule has 1 aliphatic heterocycles. The number of hydrogen-bond donors (Lipinski definition) is 1. The normalized spacial score (nSPS) is 18.3. The van der Waals surface area contributed by atoms with E-state index in [0.717, 1.165) is 11.0 Å². The zero-order valence-electron chi connectivity index (χ0n) is 17.3. The van der Waals surface area contributed by atoms with Crippen molar-refractivity contribution in [1.82, 2.24) is 5.32 Å². The standard InChI is InChI=1S/C23H28BNO3/c1-22(2)23(3,4)28-24(27-22)20(16-25-5)15-17-11-13-19(14-12-17)21(26)18-9-7-6-8-10-18/h6-15,25H,16H2,1-5H3. The van der Waals surface area contributed by atoms with Gasteiger partial charge in [0.15, 0.2) is 5.78 Å². The predicted molar refractivity (Wildman–Crippen MR) is 114 cm³/mol. The molecular weight excluding hydrogens is 349 g/mol. The maximum absolute atomic E-state index is 12.6. The summed E-state index contributed by atoms with van der Waals surface area (Å²) in [6, 6.07) is 17.0. The summed E-state index contributed by atoms with van der Waals surface area (Å²) in [5.41, 5.74) is 2.63. The van der Waals surface area contributed by atoms with Crippen molar-refractivity contribution in [3.63, 3.8) is 0 Å². The van der Waals surface area contributed by atoms with Crippen LogP contribution in [0.1, 0.15) is 49.2 Å². The van der Waals surface area contributed by atoms with Crippen LogP contribution in [0.4, 0.5) is 0 Å². The molecule has 28 heavy (non-hydrogen) atoms. The van der Waals surface area contributed by atoms with Crippen molar-refractivity contribution in [3.8, 4) is 0 Å². The van der Waals surface area contributed by atoms with Crippen LogP contribution in [0.5, 0.6) is 0 Å². The second-order valence-corrected chi connectivity index (χ2v) is 8.15. The van der Waals surface area contributed by atoms with Gasteiger partial charge in [-0.15, -0.1) is 0 Å². The zero-order valence-corrected chi connectivity index (χ0v) is 17.3. The van der Waals surface area contributed by atoms with E-state index in [2.05, 4.69) is 11.4 Å². The third-order valence-corrected chi connectivity index (χ3v) is 5.50. The molecule has 5 heteroatoms. The number of likely N-dealkylation sites (N-methyl/N-ethyl adjacent to an activating group) is 1. The highest BCUT2D eigenvalue weighted by Crippen LogP contribution is 2.38. The fraction of sp³-hybridized carbons (Fsp3) is 0.348. The molecule has 0 radical (unpaired) electrons. The Hall–Kier alpha value is -2.21. The number of nitrogens with one attached hydrogen (secondary N) is 1. The SMILES string of the molecule is CNCC(=Cc1ccc(C(=O)c2ccccc2)cc1)B1OC(C)(C)C(C)(C)O1. The lowest BCUT2D eigenvalue weighted by atomic mass is 9.77. The average molecular weight is 377 g/mol. The first-order valence-electron chi connectivity index (χ1n) is 9.64. The number of hydrogen-bond acceptors (Lipinski definition) is 4. The lowest BCUT2D eigenvalue weighted by Gasteiger charge is -2.32. The quantitative estimate of drug-likeness (QED) is 0.607. The Bertz CT molecular complexity index is 841. The van der Waals surface area contributed by atoms with E-state index in [9.17, 15) is 4.79 Å². The topological polar surface area (TPSA) is 47.6 Å². The molecule has 1 fully saturated rings. The van der Waals surface area contributed by atoms with Gasteiger partial charge in [0.1, 0.15) is 0 Å². The Balaban J connectivity index is 1.81. The Morgan fingerprint density at radius 3 is 2.00 bits per heavy atom. The highest BCUT2D eigenvalue weighted by Gasteiger charge is 2.52. The summed E-state index contributed by atoms with van der Waals surface area (Å²) in [6.07, 6.45) is 2.06. The van der Waals surface area contributed by atoms with E-state index in [1.807, 2.05) is 89.3 Å². The van der Waals surface area contributed by atoms with Crippen LogP contribution >= 0.6 is 0 Å². The Morgan fingerprint density at radius 1 is 0.929 bits per heavy atom. The molecule has 1 aliphatic rings. The first kappa shape index (κ1) is 20.5. The van der Waals surface area contributed by atoms with Crippen molar-refractivity contribution in [3.05, 3.63) is 76.8 Å². The first-order valence-corrected chi connectivity index (χ1v) is 9.64. The molecule has 2 aromatic rings. The number of ketones is 1. The van der Waals surface area contributed by atoms with Crippen LogP contribution < -0.4 is 5.32 Å². The summed E-state index contributed by atoms with van der Waals surface area (Å²) in [4.78, 5) is 12.6. The minimum absolute atomic E-state index is 0.0255. The number of rotatable bonds is 6. The van der Waals surface area contributed by atoms with Crippen LogP contribution in [-0.2, 0) is 9.31 Å². The van der Waals surface area contributed by atoms with E-state index in [-0.39, 0.29) is 17.0 Å². The van der Waals surface area contributed by atoms with Crippen LogP contribution in [0.2, 0.25) is 0 Å². The van der Waals surface area contributed by atoms with Crippen LogP contribution in [0, 0.1) is 0 Å². The van der Waals surface area contributed by atoms with Crippen molar-refractivity contribution in [1.29, 1.82) is 0 Å². The summed E-state index contributed by atoms with van der Waals surface area (Å²) < 4.78 is 12.4. The Morgan fingerprint density at radius 2 is 1.46 bits per heavy atom. The number of carbonyl (C=O) groups excluding carboxylic acids is 1. The van der Waals surface area contributed by atoms with E-state index in [1.54, 1.807) is 0 Å². The largest absolute Gasteiger partial charge is 0.491 e. The zero-order chi connectivity index (χ0) is 20.4. The minimum atomic E-state index is -0.400. The fourth-order valence-corrected chi connectivity index (χ4v) is 3.10. The van der Waals surface area contributed by atoms with Gasteiger partial charge in [-0.25, -0.2) is 0 Å². The number of carbonyl (C=O) groups is 1. The van der Waals surface area contributed by atoms with Gasteiger partial charge in [0.25, 0.3) is 0 Å². The summed E-state index contributed by atoms with van der Waals surface area (Å²) in [6.45, 7) is 8.85. The van der Waals surface area contributed by atoms with E-state index >= 15 is 0 Å². The Kier molecular flexibility index (Phi) is 5.89. The van der Waals surface area contributed by atoms with Crippen molar-refractivity contribution in [2.45, 2.75) is 38.9 Å². The number of benzene rings is 2. The van der Waals surface area contributed by atoms with Crippen LogP contribution in [0.3, 0.4) is 0 Å². The van der Waals surface area contributed by atoms with Crippen molar-refractivity contribution >= 4 is 19.0 Å². The maximum Gasteiger partial charge on any atom is 0.491 e. The van der Waals surface area contributed by atoms with Gasteiger partial charge in [-0.05, 0) is 45.8 Å². The third-order valence-electron chi connectivity index (χ3n) is 5.50. The van der Waals surface area contributed by atoms with Gasteiger partial charge in [-0.2, -0.15) is 0 Å². The van der Waals surface area contributed by atoms with Gasteiger partial charge in [0.05, 0.1) is 11.2 Å². The molecule has 146 valence electrons. The second-order valence-electron chi connectivity index (χ2n) is 8.15. The van der Waals surface area contributed by atoms with E-state index in [0.29, 0.717) is 17.7 Å². The molecule has 3 rings (SSSR count). The molecule has 0 amide bonds. The molecule has 0 saturated carbocycles. The van der Waals surface area contributed by atoms with Crippen LogP contribution in [0.25, 0.3) is 6.08 Å². The smallest absolute Gasteiger partial charge is 0.400 e. The highest BCUT2D eigenvalue weighted by atomic mass is 16.7. The van der Waals surface area contributed by atoms with Crippen molar-refractivity contribution in [2.24, 2.45) is 0 Å². The fourth-order valence-electron chi connectivity index (χ4n) is 3.10. The lowest BCUT2D eigenvalue weighted by molar-refractivity contribution is 0.00578. The average Bonchev–Trinajstić information content (AvgIpc) is 2.89. The summed E-state index contributed by atoms with van der Waals surface area (Å²) >= 11 is 0. The third kappa shape index (κ3) is 4.27. The van der Waals surface area contributed by atoms with Gasteiger partial charge in [-0.1, -0.05) is 60.7 Å². The van der Waals surface area contributed by atoms with Gasteiger partial charge < -0.3 is 14.6 Å². The van der Waals surface area contributed by atoms with Crippen LogP contribution in [0.15, 0.2) is 60.1 Å². The lowest BCUT2D eigenvalue weighted by Crippen LogP contribution is -2.41. The van der Waals surface area contributed by atoms with E-state index in [4.69, 9.17) is 9.31 Å². The summed E-state index contributed by atoms with van der Waals surface area (Å²) in [5, 5.41) is 3.19. The van der Waals surface area contributed by atoms with E-state index < -0.39 is 7.12 Å². The molecule has 1 heterocycles. The molecule has 1 N–H and O–H groups in total. The summed E-state index contributed by atoms with van der Waals surface area (Å²) in [7, 11) is 1.50. The van der Waals surface area contributed by atoms with Gasteiger partial charge in [-0.3, -0.25) is 4.79 Å². The molecule has 0 spiro atoms. The summed E-state index contributed by atoms with van der Waals surface area (Å²) in [5.74, 6) is 0.0255. The maximum atomic E-state index is 12.6. The molecule has 2 aromatic carbocycles. The molecule has 0 aromatic heterocycles. The van der Waals surface area contributed by atoms with Crippen LogP contribution in [-0.4, -0.2) is 37.7 Å². The molecule has 4 nitrogen and oxygen atoms in total. The predicted octanol–water partition coefficient (Wildman–Crippen LogP) is 4.15. The van der Waals surface area contributed by atoms with Gasteiger partial charge in [0, 0.05) is 17.7 Å². The molecule has 0 aliphatic carbocycles.